The van der Waals surface area contributed by atoms with Crippen LogP contribution in [0, 0.1) is 0 Å². The van der Waals surface area contributed by atoms with Gasteiger partial charge in [0.2, 0.25) is 0 Å². The van der Waals surface area contributed by atoms with Crippen molar-refractivity contribution in [1.29, 1.82) is 0 Å². The Morgan fingerprint density at radius 2 is 1.62 bits per heavy atom. The van der Waals surface area contributed by atoms with Gasteiger partial charge in [0.05, 0.1) is 5.56 Å². The monoisotopic (exact) mass is 250 g/mol. The maximum atomic E-state index is 12.1. The van der Waals surface area contributed by atoms with Crippen molar-refractivity contribution in [3.8, 4) is 0 Å². The van der Waals surface area contributed by atoms with Crippen LogP contribution >= 0.6 is 15.9 Å². The van der Waals surface area contributed by atoms with Crippen molar-refractivity contribution in [2.75, 3.05) is 0 Å². The van der Waals surface area contributed by atoms with E-state index in [4.69, 9.17) is 0 Å². The van der Waals surface area contributed by atoms with Gasteiger partial charge in [0.15, 0.2) is 0 Å². The van der Waals surface area contributed by atoms with E-state index in [1.165, 1.54) is 12.1 Å². The van der Waals surface area contributed by atoms with E-state index in [-0.39, 0.29) is 0 Å². The highest BCUT2D eigenvalue weighted by atomic mass is 79.9. The maximum absolute atomic E-state index is 12.1. The predicted molar refractivity (Wildman–Crippen MR) is 49.4 cm³/mol. The zero-order chi connectivity index (χ0) is 9.90. The lowest BCUT2D eigenvalue weighted by molar-refractivity contribution is -0.137. The molecule has 0 spiro atoms. The first kappa shape index (κ1) is 10.3. The molecule has 0 atom stereocenters. The highest BCUT2D eigenvalue weighted by Crippen LogP contribution is 2.29. The highest BCUT2D eigenvalue weighted by molar-refractivity contribution is 9.11. The molecule has 0 bridgehead atoms. The van der Waals surface area contributed by atoms with Crippen LogP contribution in [0.1, 0.15) is 11.1 Å². The molecule has 1 aromatic rings. The Bertz CT molecular complexity index is 298. The Hall–Kier alpha value is -0.770. The number of hydrogen-bond donors (Lipinski definition) is 0. The van der Waals surface area contributed by atoms with Crippen molar-refractivity contribution in [3.63, 3.8) is 0 Å². The number of hydrogen-bond acceptors (Lipinski definition) is 0. The average Bonchev–Trinajstić information content (AvgIpc) is 2.04. The summed E-state index contributed by atoms with van der Waals surface area (Å²) in [6, 6.07) is 4.95. The summed E-state index contributed by atoms with van der Waals surface area (Å²) >= 11 is 3.04. The average molecular weight is 251 g/mol. The van der Waals surface area contributed by atoms with E-state index in [0.29, 0.717) is 0 Å². The maximum Gasteiger partial charge on any atom is 0.416 e. The van der Waals surface area contributed by atoms with Crippen LogP contribution in [0.25, 0.3) is 6.08 Å². The Morgan fingerprint density at radius 3 is 2.00 bits per heavy atom. The molecular formula is C9H6BrF3. The molecule has 0 N–H and O–H groups in total. The predicted octanol–water partition coefficient (Wildman–Crippen LogP) is 4.07. The normalized spacial score (nSPS) is 12.3. The lowest BCUT2D eigenvalue weighted by Gasteiger charge is -2.05. The van der Waals surface area contributed by atoms with E-state index in [0.717, 1.165) is 17.7 Å². The van der Waals surface area contributed by atoms with Crippen LogP contribution in [0.3, 0.4) is 0 Å². The number of benzene rings is 1. The minimum Gasteiger partial charge on any atom is -0.166 e. The van der Waals surface area contributed by atoms with E-state index in [1.807, 2.05) is 0 Å². The lowest BCUT2D eigenvalue weighted by Crippen LogP contribution is -2.03. The summed E-state index contributed by atoms with van der Waals surface area (Å²) in [7, 11) is 0. The fourth-order valence-electron chi connectivity index (χ4n) is 0.856. The molecule has 0 fully saturated rings. The molecule has 13 heavy (non-hydrogen) atoms. The molecule has 0 amide bonds. The fraction of sp³-hybridized carbons (Fsp3) is 0.111. The molecule has 4 heteroatoms. The van der Waals surface area contributed by atoms with Crippen LogP contribution in [0.2, 0.25) is 0 Å². The van der Waals surface area contributed by atoms with E-state index >= 15 is 0 Å². The molecule has 0 nitrogen and oxygen atoms in total. The topological polar surface area (TPSA) is 0 Å². The Balaban J connectivity index is 2.94. The van der Waals surface area contributed by atoms with Crippen LogP contribution in [0.5, 0.6) is 0 Å². The van der Waals surface area contributed by atoms with Gasteiger partial charge in [-0.15, -0.1) is 0 Å². The summed E-state index contributed by atoms with van der Waals surface area (Å²) in [6.45, 7) is 0. The molecule has 0 unspecified atom stereocenters. The first-order valence-corrected chi connectivity index (χ1v) is 4.39. The zero-order valence-electron chi connectivity index (χ0n) is 6.48. The summed E-state index contributed by atoms with van der Waals surface area (Å²) < 4.78 is 36.2. The van der Waals surface area contributed by atoms with Crippen molar-refractivity contribution in [2.24, 2.45) is 0 Å². The lowest BCUT2D eigenvalue weighted by atomic mass is 10.1. The number of halogens is 4. The molecule has 0 aliphatic carbocycles. The van der Waals surface area contributed by atoms with Crippen molar-refractivity contribution >= 4 is 22.0 Å². The van der Waals surface area contributed by atoms with Gasteiger partial charge in [0.1, 0.15) is 0 Å². The summed E-state index contributed by atoms with van der Waals surface area (Å²) in [5.41, 5.74) is 0.101. The quantitative estimate of drug-likeness (QED) is 0.705. The minimum absolute atomic E-state index is 0.626. The Labute approximate surface area is 82.2 Å². The Morgan fingerprint density at radius 1 is 1.08 bits per heavy atom. The first-order chi connectivity index (χ1) is 6.04. The largest absolute Gasteiger partial charge is 0.416 e. The van der Waals surface area contributed by atoms with Gasteiger partial charge in [-0.25, -0.2) is 0 Å². The molecule has 1 rings (SSSR count). The van der Waals surface area contributed by atoms with Gasteiger partial charge in [-0.2, -0.15) is 13.2 Å². The van der Waals surface area contributed by atoms with Crippen LogP contribution in [0.4, 0.5) is 13.2 Å². The fourth-order valence-corrected chi connectivity index (χ4v) is 1.16. The van der Waals surface area contributed by atoms with Gasteiger partial charge >= 0.3 is 6.18 Å². The van der Waals surface area contributed by atoms with E-state index < -0.39 is 11.7 Å². The Kier molecular flexibility index (Phi) is 3.14. The molecule has 0 aromatic heterocycles. The van der Waals surface area contributed by atoms with Crippen molar-refractivity contribution < 1.29 is 13.2 Å². The van der Waals surface area contributed by atoms with Gasteiger partial charge < -0.3 is 0 Å². The standard InChI is InChI=1S/C9H6BrF3/c10-6-5-7-1-3-8(4-2-7)9(11,12)13/h1-6H/b6-5-. The third kappa shape index (κ3) is 2.88. The van der Waals surface area contributed by atoms with Crippen molar-refractivity contribution in [3.05, 3.63) is 40.4 Å². The second-order valence-corrected chi connectivity index (χ2v) is 2.94. The molecule has 0 radical (unpaired) electrons. The number of rotatable bonds is 1. The van der Waals surface area contributed by atoms with Gasteiger partial charge in [-0.3, -0.25) is 0 Å². The number of alkyl halides is 3. The van der Waals surface area contributed by atoms with Crippen LogP contribution in [-0.4, -0.2) is 0 Å². The molecule has 70 valence electrons. The molecule has 0 heterocycles. The first-order valence-electron chi connectivity index (χ1n) is 3.48. The molecular weight excluding hydrogens is 245 g/mol. The highest BCUT2D eigenvalue weighted by Gasteiger charge is 2.29. The van der Waals surface area contributed by atoms with Gasteiger partial charge in [0, 0.05) is 0 Å². The van der Waals surface area contributed by atoms with Gasteiger partial charge in [-0.05, 0) is 28.8 Å². The van der Waals surface area contributed by atoms with Crippen LogP contribution in [0.15, 0.2) is 29.3 Å². The van der Waals surface area contributed by atoms with Crippen molar-refractivity contribution in [2.45, 2.75) is 6.18 Å². The summed E-state index contributed by atoms with van der Waals surface area (Å²) in [6.07, 6.45) is -2.59. The zero-order valence-corrected chi connectivity index (χ0v) is 8.06. The summed E-state index contributed by atoms with van der Waals surface area (Å²) in [4.78, 5) is 1.59. The molecule has 0 saturated heterocycles. The molecule has 0 aliphatic rings. The smallest absolute Gasteiger partial charge is 0.166 e. The van der Waals surface area contributed by atoms with Crippen molar-refractivity contribution in [1.82, 2.24) is 0 Å². The van der Waals surface area contributed by atoms with Crippen LogP contribution < -0.4 is 0 Å². The molecule has 0 aliphatic heterocycles. The molecule has 1 aromatic carbocycles. The second-order valence-electron chi connectivity index (χ2n) is 2.41. The van der Waals surface area contributed by atoms with E-state index in [2.05, 4.69) is 15.9 Å². The second kappa shape index (κ2) is 3.96. The summed E-state index contributed by atoms with van der Waals surface area (Å²) in [5, 5.41) is 0. The molecule has 0 saturated carbocycles. The minimum atomic E-state index is -4.25. The van der Waals surface area contributed by atoms with Gasteiger partial charge in [-0.1, -0.05) is 28.1 Å². The van der Waals surface area contributed by atoms with E-state index in [1.54, 1.807) is 11.1 Å². The third-order valence-electron chi connectivity index (χ3n) is 1.49. The van der Waals surface area contributed by atoms with Crippen LogP contribution in [-0.2, 0) is 6.18 Å². The van der Waals surface area contributed by atoms with E-state index in [9.17, 15) is 13.2 Å². The van der Waals surface area contributed by atoms with Gasteiger partial charge in [0.25, 0.3) is 0 Å². The SMILES string of the molecule is FC(F)(F)c1ccc(/C=C\Br)cc1. The summed E-state index contributed by atoms with van der Waals surface area (Å²) in [5.74, 6) is 0. The third-order valence-corrected chi connectivity index (χ3v) is 1.76.